The molecule has 2 heterocycles. The lowest BCUT2D eigenvalue weighted by Gasteiger charge is -2.03. The van der Waals surface area contributed by atoms with Crippen LogP contribution in [0.4, 0.5) is 0 Å². The van der Waals surface area contributed by atoms with Crippen molar-refractivity contribution < 1.29 is 18.6 Å². The minimum atomic E-state index is -0.347. The van der Waals surface area contributed by atoms with Gasteiger partial charge in [-0.1, -0.05) is 24.2 Å². The van der Waals surface area contributed by atoms with Crippen molar-refractivity contribution in [1.82, 2.24) is 14.7 Å². The molecular weight excluding hydrogens is 308 g/mol. The summed E-state index contributed by atoms with van der Waals surface area (Å²) in [5.41, 5.74) is 1.30. The van der Waals surface area contributed by atoms with E-state index in [0.717, 1.165) is 5.56 Å². The van der Waals surface area contributed by atoms with Gasteiger partial charge in [0.15, 0.2) is 0 Å². The third kappa shape index (κ3) is 3.68. The molecule has 2 aromatic heterocycles. The molecule has 0 fully saturated rings. The fourth-order valence-corrected chi connectivity index (χ4v) is 2.23. The van der Waals surface area contributed by atoms with Crippen molar-refractivity contribution in [3.8, 4) is 11.4 Å². The maximum atomic E-state index is 12.1. The van der Waals surface area contributed by atoms with E-state index in [4.69, 9.17) is 9.26 Å². The molecule has 3 rings (SSSR count). The summed E-state index contributed by atoms with van der Waals surface area (Å²) in [5, 5.41) is 3.91. The van der Waals surface area contributed by atoms with E-state index in [1.807, 2.05) is 41.8 Å². The van der Waals surface area contributed by atoms with E-state index in [2.05, 4.69) is 10.1 Å². The summed E-state index contributed by atoms with van der Waals surface area (Å²) in [4.78, 5) is 16.3. The van der Waals surface area contributed by atoms with E-state index in [9.17, 15) is 4.79 Å². The van der Waals surface area contributed by atoms with Gasteiger partial charge in [0.25, 0.3) is 0 Å². The van der Waals surface area contributed by atoms with Crippen LogP contribution in [0.15, 0.2) is 47.5 Å². The summed E-state index contributed by atoms with van der Waals surface area (Å²) in [6.45, 7) is 2.89. The molecule has 0 spiro atoms. The van der Waals surface area contributed by atoms with Gasteiger partial charge in [-0.05, 0) is 12.1 Å². The van der Waals surface area contributed by atoms with Crippen LogP contribution in [0.25, 0.3) is 11.4 Å². The number of hydrogen-bond acceptors (Lipinski definition) is 5. The summed E-state index contributed by atoms with van der Waals surface area (Å²) in [7, 11) is 1.94. The van der Waals surface area contributed by atoms with Crippen molar-refractivity contribution in [3.05, 3.63) is 54.4 Å². The molecule has 0 aliphatic heterocycles. The molecule has 0 amide bonds. The van der Waals surface area contributed by atoms with Crippen molar-refractivity contribution in [2.75, 3.05) is 6.61 Å². The number of rotatable bonds is 6. The van der Waals surface area contributed by atoms with Crippen LogP contribution < -0.4 is 4.57 Å². The van der Waals surface area contributed by atoms with Gasteiger partial charge in [-0.3, -0.25) is 0 Å². The third-order valence-electron chi connectivity index (χ3n) is 3.56. The Balaban J connectivity index is 1.57. The predicted octanol–water partition coefficient (Wildman–Crippen LogP) is 1.78. The molecule has 3 aromatic rings. The second-order valence-corrected chi connectivity index (χ2v) is 5.40. The number of benzene rings is 1. The second kappa shape index (κ2) is 7.08. The molecule has 0 aliphatic rings. The third-order valence-corrected chi connectivity index (χ3v) is 3.56. The Bertz CT molecular complexity index is 820. The fraction of sp³-hybridized carbons (Fsp3) is 0.294. The Hall–Kier alpha value is -2.96. The summed E-state index contributed by atoms with van der Waals surface area (Å²) in [6.07, 6.45) is 6.48. The van der Waals surface area contributed by atoms with E-state index in [0.29, 0.717) is 36.9 Å². The van der Waals surface area contributed by atoms with Crippen molar-refractivity contribution in [3.63, 3.8) is 0 Å². The normalized spacial score (nSPS) is 10.8. The number of ether oxygens (including phenoxy) is 1. The molecule has 7 nitrogen and oxygen atoms in total. The first-order valence-corrected chi connectivity index (χ1v) is 7.77. The first kappa shape index (κ1) is 15.9. The molecule has 7 heteroatoms. The van der Waals surface area contributed by atoms with Crippen molar-refractivity contribution >= 4 is 5.97 Å². The first-order valence-electron chi connectivity index (χ1n) is 7.77. The average Bonchev–Trinajstić information content (AvgIpc) is 3.24. The Labute approximate surface area is 139 Å². The molecule has 0 saturated heterocycles. The van der Waals surface area contributed by atoms with E-state index in [1.54, 1.807) is 24.3 Å². The van der Waals surface area contributed by atoms with E-state index in [-0.39, 0.29) is 5.97 Å². The van der Waals surface area contributed by atoms with Crippen LogP contribution in [0.5, 0.6) is 0 Å². The Morgan fingerprint density at radius 2 is 2.12 bits per heavy atom. The molecule has 1 aromatic carbocycles. The van der Waals surface area contributed by atoms with Gasteiger partial charge in [0, 0.05) is 12.0 Å². The standard InChI is InChI=1S/C17H19N4O3/c1-3-15-18-16(19-24-15)13-4-6-14(7-5-13)17(22)23-11-10-21-9-8-20(2)12-21/h4-9,12H,3,10-11H2,1-2H3/q+1. The highest BCUT2D eigenvalue weighted by molar-refractivity contribution is 5.89. The molecular formula is C17H19N4O3+. The van der Waals surface area contributed by atoms with Gasteiger partial charge in [-0.25, -0.2) is 13.9 Å². The monoisotopic (exact) mass is 327 g/mol. The zero-order chi connectivity index (χ0) is 16.9. The first-order chi connectivity index (χ1) is 11.7. The molecule has 124 valence electrons. The Morgan fingerprint density at radius 3 is 2.75 bits per heavy atom. The lowest BCUT2D eigenvalue weighted by Crippen LogP contribution is -2.24. The minimum Gasteiger partial charge on any atom is -0.458 e. The number of imidazole rings is 1. The van der Waals surface area contributed by atoms with Crippen LogP contribution in [0.1, 0.15) is 23.2 Å². The highest BCUT2D eigenvalue weighted by atomic mass is 16.5. The molecule has 0 unspecified atom stereocenters. The number of esters is 1. The van der Waals surface area contributed by atoms with Crippen LogP contribution in [0.2, 0.25) is 0 Å². The number of aryl methyl sites for hydroxylation is 2. The van der Waals surface area contributed by atoms with Crippen LogP contribution in [0.3, 0.4) is 0 Å². The van der Waals surface area contributed by atoms with Gasteiger partial charge in [0.05, 0.1) is 12.6 Å². The molecule has 0 N–H and O–H groups in total. The summed E-state index contributed by atoms with van der Waals surface area (Å²) < 4.78 is 14.3. The highest BCUT2D eigenvalue weighted by Gasteiger charge is 2.11. The van der Waals surface area contributed by atoms with Gasteiger partial charge in [0.2, 0.25) is 18.0 Å². The van der Waals surface area contributed by atoms with Crippen LogP contribution in [-0.4, -0.2) is 27.3 Å². The van der Waals surface area contributed by atoms with Crippen molar-refractivity contribution in [2.24, 2.45) is 7.05 Å². The van der Waals surface area contributed by atoms with Crippen LogP contribution >= 0.6 is 0 Å². The molecule has 0 aliphatic carbocycles. The largest absolute Gasteiger partial charge is 0.458 e. The zero-order valence-corrected chi connectivity index (χ0v) is 13.7. The van der Waals surface area contributed by atoms with Gasteiger partial charge in [-0.2, -0.15) is 4.98 Å². The quantitative estimate of drug-likeness (QED) is 0.510. The van der Waals surface area contributed by atoms with E-state index < -0.39 is 0 Å². The maximum Gasteiger partial charge on any atom is 0.338 e. The average molecular weight is 327 g/mol. The van der Waals surface area contributed by atoms with Crippen LogP contribution in [0, 0.1) is 0 Å². The van der Waals surface area contributed by atoms with Gasteiger partial charge in [-0.15, -0.1) is 0 Å². The number of aromatic nitrogens is 4. The molecule has 0 radical (unpaired) electrons. The van der Waals surface area contributed by atoms with E-state index >= 15 is 0 Å². The Morgan fingerprint density at radius 1 is 1.33 bits per heavy atom. The summed E-state index contributed by atoms with van der Waals surface area (Å²) >= 11 is 0. The minimum absolute atomic E-state index is 0.319. The number of nitrogens with zero attached hydrogens (tertiary/aromatic N) is 4. The lowest BCUT2D eigenvalue weighted by molar-refractivity contribution is -0.671. The van der Waals surface area contributed by atoms with Gasteiger partial charge >= 0.3 is 5.97 Å². The van der Waals surface area contributed by atoms with E-state index in [1.165, 1.54) is 0 Å². The fourth-order valence-electron chi connectivity index (χ4n) is 2.23. The molecule has 24 heavy (non-hydrogen) atoms. The zero-order valence-electron chi connectivity index (χ0n) is 13.7. The number of hydrogen-bond donors (Lipinski definition) is 0. The van der Waals surface area contributed by atoms with Gasteiger partial charge < -0.3 is 9.26 Å². The summed E-state index contributed by atoms with van der Waals surface area (Å²) in [5.74, 6) is 0.764. The maximum absolute atomic E-state index is 12.1. The molecule has 0 saturated carbocycles. The topological polar surface area (TPSA) is 74.0 Å². The Kier molecular flexibility index (Phi) is 4.69. The van der Waals surface area contributed by atoms with Crippen LogP contribution in [-0.2, 0) is 24.8 Å². The second-order valence-electron chi connectivity index (χ2n) is 5.40. The van der Waals surface area contributed by atoms with Crippen molar-refractivity contribution in [2.45, 2.75) is 19.9 Å². The lowest BCUT2D eigenvalue weighted by atomic mass is 10.1. The van der Waals surface area contributed by atoms with Crippen molar-refractivity contribution in [1.29, 1.82) is 0 Å². The number of carbonyl (C=O) groups excluding carboxylic acids is 1. The molecule has 0 bridgehead atoms. The van der Waals surface area contributed by atoms with Gasteiger partial charge in [0.1, 0.15) is 25.5 Å². The smallest absolute Gasteiger partial charge is 0.338 e. The predicted molar refractivity (Wildman–Crippen MR) is 85.0 cm³/mol. The highest BCUT2D eigenvalue weighted by Crippen LogP contribution is 2.17. The number of carbonyl (C=O) groups is 1. The summed E-state index contributed by atoms with van der Waals surface area (Å²) in [6, 6.07) is 6.98. The molecule has 0 atom stereocenters. The SMILES string of the molecule is CCc1nc(-c2ccc(C(=O)OCCn3cc[n+](C)c3)cc2)no1.